The Kier molecular flexibility index (Phi) is 8.61. The van der Waals surface area contributed by atoms with Crippen LogP contribution >= 0.6 is 48.0 Å². The minimum Gasteiger partial charge on any atom is -0.314 e. The molecule has 6 heteroatoms. The van der Waals surface area contributed by atoms with Gasteiger partial charge in [-0.25, -0.2) is 0 Å². The zero-order chi connectivity index (χ0) is 11.5. The number of nitrogens with zero attached hydrogens (tertiary/aromatic N) is 1. The molecule has 2 rings (SSSR count). The number of halogens is 4. The quantitative estimate of drug-likeness (QED) is 0.886. The van der Waals surface area contributed by atoms with Crippen LogP contribution in [-0.2, 0) is 0 Å². The van der Waals surface area contributed by atoms with Crippen LogP contribution in [0.4, 0.5) is 0 Å². The van der Waals surface area contributed by atoms with Crippen LogP contribution in [0.25, 0.3) is 0 Å². The highest BCUT2D eigenvalue weighted by Gasteiger charge is 2.19. The molecule has 0 spiro atoms. The largest absolute Gasteiger partial charge is 0.314 e. The van der Waals surface area contributed by atoms with E-state index in [-0.39, 0.29) is 24.8 Å². The van der Waals surface area contributed by atoms with Crippen molar-refractivity contribution in [3.63, 3.8) is 0 Å². The Hall–Kier alpha value is 0.300. The Morgan fingerprint density at radius 2 is 1.78 bits per heavy atom. The van der Waals surface area contributed by atoms with Gasteiger partial charge in [0.25, 0.3) is 0 Å². The lowest BCUT2D eigenvalue weighted by atomic mass is 10.1. The first kappa shape index (κ1) is 18.3. The number of rotatable bonds is 2. The van der Waals surface area contributed by atoms with Crippen molar-refractivity contribution in [2.45, 2.75) is 13.0 Å². The molecule has 1 heterocycles. The molecule has 1 fully saturated rings. The minimum absolute atomic E-state index is 0. The number of nitrogens with one attached hydrogen (secondary N) is 1. The summed E-state index contributed by atoms with van der Waals surface area (Å²) in [7, 11) is 0. The lowest BCUT2D eigenvalue weighted by Gasteiger charge is -2.33. The predicted octanol–water partition coefficient (Wildman–Crippen LogP) is 3.80. The number of hydrogen-bond acceptors (Lipinski definition) is 2. The number of benzene rings is 1. The molecule has 0 radical (unpaired) electrons. The van der Waals surface area contributed by atoms with E-state index in [9.17, 15) is 0 Å². The van der Waals surface area contributed by atoms with Gasteiger partial charge in [0.1, 0.15) is 0 Å². The molecule has 1 saturated heterocycles. The summed E-state index contributed by atoms with van der Waals surface area (Å²) in [4.78, 5) is 2.44. The maximum absolute atomic E-state index is 6.22. The second-order valence-corrected chi connectivity index (χ2v) is 4.97. The molecular weight excluding hydrogens is 314 g/mol. The van der Waals surface area contributed by atoms with Crippen LogP contribution in [0.3, 0.4) is 0 Å². The molecule has 1 unspecified atom stereocenters. The first-order valence-corrected chi connectivity index (χ1v) is 6.34. The summed E-state index contributed by atoms with van der Waals surface area (Å²) in [5.41, 5.74) is 1.16. The second-order valence-electron chi connectivity index (χ2n) is 4.13. The van der Waals surface area contributed by atoms with Crippen molar-refractivity contribution in [2.75, 3.05) is 26.2 Å². The van der Waals surface area contributed by atoms with Crippen molar-refractivity contribution in [3.05, 3.63) is 33.8 Å². The molecule has 104 valence electrons. The normalized spacial score (nSPS) is 17.5. The van der Waals surface area contributed by atoms with E-state index < -0.39 is 0 Å². The highest BCUT2D eigenvalue weighted by atomic mass is 35.5. The summed E-state index contributed by atoms with van der Waals surface area (Å²) in [5, 5.41) is 4.81. The van der Waals surface area contributed by atoms with Gasteiger partial charge in [-0.1, -0.05) is 29.3 Å². The van der Waals surface area contributed by atoms with Gasteiger partial charge in [0, 0.05) is 42.3 Å². The summed E-state index contributed by atoms with van der Waals surface area (Å²) in [6, 6.07) is 6.10. The van der Waals surface area contributed by atoms with Gasteiger partial charge in [-0.05, 0) is 24.6 Å². The van der Waals surface area contributed by atoms with Crippen molar-refractivity contribution in [1.29, 1.82) is 0 Å². The van der Waals surface area contributed by atoms with Crippen LogP contribution in [-0.4, -0.2) is 31.1 Å². The standard InChI is InChI=1S/C12H16Cl2N2.2ClH/c1-9(16-6-4-15-5-7-16)11-3-2-10(13)8-12(11)14;;/h2-3,8-9,15H,4-7H2,1H3;2*1H. The third kappa shape index (κ3) is 4.44. The van der Waals surface area contributed by atoms with Crippen molar-refractivity contribution >= 4 is 48.0 Å². The van der Waals surface area contributed by atoms with Crippen LogP contribution in [0.2, 0.25) is 10.0 Å². The third-order valence-electron chi connectivity index (χ3n) is 3.11. The van der Waals surface area contributed by atoms with Gasteiger partial charge in [-0.2, -0.15) is 0 Å². The fourth-order valence-electron chi connectivity index (χ4n) is 2.11. The van der Waals surface area contributed by atoms with E-state index in [1.165, 1.54) is 0 Å². The van der Waals surface area contributed by atoms with Gasteiger partial charge in [0.05, 0.1) is 0 Å². The molecule has 0 aromatic heterocycles. The van der Waals surface area contributed by atoms with Gasteiger partial charge in [-0.3, -0.25) is 4.90 Å². The monoisotopic (exact) mass is 330 g/mol. The SMILES string of the molecule is CC(c1ccc(Cl)cc1Cl)N1CCNCC1.Cl.Cl. The molecule has 0 amide bonds. The molecule has 0 aliphatic carbocycles. The average molecular weight is 332 g/mol. The highest BCUT2D eigenvalue weighted by Crippen LogP contribution is 2.29. The Labute approximate surface area is 131 Å². The van der Waals surface area contributed by atoms with Crippen molar-refractivity contribution in [3.8, 4) is 0 Å². The molecule has 1 aliphatic rings. The molecular formula is C12H18Cl4N2. The van der Waals surface area contributed by atoms with Gasteiger partial charge < -0.3 is 5.32 Å². The minimum atomic E-state index is 0. The Bertz CT molecular complexity index is 367. The smallest absolute Gasteiger partial charge is 0.0468 e. The van der Waals surface area contributed by atoms with Crippen molar-refractivity contribution < 1.29 is 0 Å². The zero-order valence-corrected chi connectivity index (χ0v) is 13.3. The first-order chi connectivity index (χ1) is 7.68. The molecule has 1 aromatic carbocycles. The summed E-state index contributed by atoms with van der Waals surface area (Å²) in [5.74, 6) is 0. The van der Waals surface area contributed by atoms with Crippen LogP contribution in [0.15, 0.2) is 18.2 Å². The van der Waals surface area contributed by atoms with E-state index in [0.29, 0.717) is 11.1 Å². The molecule has 0 bridgehead atoms. The summed E-state index contributed by atoms with van der Waals surface area (Å²) >= 11 is 12.1. The van der Waals surface area contributed by atoms with E-state index >= 15 is 0 Å². The Morgan fingerprint density at radius 3 is 2.33 bits per heavy atom. The number of hydrogen-bond donors (Lipinski definition) is 1. The van der Waals surface area contributed by atoms with Crippen LogP contribution < -0.4 is 5.32 Å². The predicted molar refractivity (Wildman–Crippen MR) is 83.8 cm³/mol. The highest BCUT2D eigenvalue weighted by molar-refractivity contribution is 6.35. The molecule has 1 aromatic rings. The molecule has 2 nitrogen and oxygen atoms in total. The van der Waals surface area contributed by atoms with Crippen molar-refractivity contribution in [1.82, 2.24) is 10.2 Å². The van der Waals surface area contributed by atoms with Crippen LogP contribution in [0.1, 0.15) is 18.5 Å². The maximum atomic E-state index is 6.22. The van der Waals surface area contributed by atoms with E-state index in [4.69, 9.17) is 23.2 Å². The van der Waals surface area contributed by atoms with E-state index in [1.54, 1.807) is 0 Å². The fraction of sp³-hybridized carbons (Fsp3) is 0.500. The van der Waals surface area contributed by atoms with Crippen LogP contribution in [0, 0.1) is 0 Å². The Balaban J connectivity index is 0.00000144. The van der Waals surface area contributed by atoms with Gasteiger partial charge in [0.15, 0.2) is 0 Å². The second kappa shape index (κ2) is 8.47. The summed E-state index contributed by atoms with van der Waals surface area (Å²) in [6.45, 7) is 6.44. The van der Waals surface area contributed by atoms with E-state index in [0.717, 1.165) is 36.8 Å². The topological polar surface area (TPSA) is 15.3 Å². The Morgan fingerprint density at radius 1 is 1.17 bits per heavy atom. The van der Waals surface area contributed by atoms with Gasteiger partial charge in [-0.15, -0.1) is 24.8 Å². The molecule has 1 N–H and O–H groups in total. The van der Waals surface area contributed by atoms with Crippen molar-refractivity contribution in [2.24, 2.45) is 0 Å². The fourth-order valence-corrected chi connectivity index (χ4v) is 2.67. The van der Waals surface area contributed by atoms with E-state index in [2.05, 4.69) is 17.1 Å². The number of piperazine rings is 1. The molecule has 1 atom stereocenters. The van der Waals surface area contributed by atoms with Gasteiger partial charge >= 0.3 is 0 Å². The summed E-state index contributed by atoms with van der Waals surface area (Å²) in [6.07, 6.45) is 0. The molecule has 0 saturated carbocycles. The zero-order valence-electron chi connectivity index (χ0n) is 10.2. The van der Waals surface area contributed by atoms with Gasteiger partial charge in [0.2, 0.25) is 0 Å². The molecule has 1 aliphatic heterocycles. The first-order valence-electron chi connectivity index (χ1n) is 5.58. The maximum Gasteiger partial charge on any atom is 0.0468 e. The lowest BCUT2D eigenvalue weighted by Crippen LogP contribution is -2.44. The summed E-state index contributed by atoms with van der Waals surface area (Å²) < 4.78 is 0. The molecule has 18 heavy (non-hydrogen) atoms. The average Bonchev–Trinajstić information content (AvgIpc) is 2.29. The lowest BCUT2D eigenvalue weighted by molar-refractivity contribution is 0.185. The third-order valence-corrected chi connectivity index (χ3v) is 3.67. The van der Waals surface area contributed by atoms with E-state index in [1.807, 2.05) is 18.2 Å². The van der Waals surface area contributed by atoms with Crippen LogP contribution in [0.5, 0.6) is 0 Å².